The molecule has 3 nitrogen and oxygen atoms in total. The van der Waals surface area contributed by atoms with E-state index in [4.69, 9.17) is 27.9 Å². The number of benzene rings is 3. The van der Waals surface area contributed by atoms with Gasteiger partial charge in [0.05, 0.1) is 19.0 Å². The molecule has 31 heavy (non-hydrogen) atoms. The highest BCUT2D eigenvalue weighted by Crippen LogP contribution is 2.30. The molecule has 1 aromatic heterocycles. The van der Waals surface area contributed by atoms with Crippen molar-refractivity contribution in [1.82, 2.24) is 9.55 Å². The predicted octanol–water partition coefficient (Wildman–Crippen LogP) is 5.03. The van der Waals surface area contributed by atoms with E-state index in [-0.39, 0.29) is 11.6 Å². The van der Waals surface area contributed by atoms with Crippen LogP contribution in [0.15, 0.2) is 85.5 Å². The molecule has 0 aliphatic heterocycles. The highest BCUT2D eigenvalue weighted by atomic mass is 35.5. The van der Waals surface area contributed by atoms with Crippen molar-refractivity contribution in [2.75, 3.05) is 0 Å². The van der Waals surface area contributed by atoms with E-state index >= 15 is 0 Å². The van der Waals surface area contributed by atoms with Crippen LogP contribution in [0.2, 0.25) is 10.0 Å². The molecule has 0 radical (unpaired) electrons. The molecule has 4 aromatic rings. The van der Waals surface area contributed by atoms with Crippen molar-refractivity contribution in [1.29, 1.82) is 0 Å². The summed E-state index contributed by atoms with van der Waals surface area (Å²) in [6.07, 6.45) is 4.70. The number of imidazole rings is 1. The van der Waals surface area contributed by atoms with Gasteiger partial charge in [0.15, 0.2) is 0 Å². The van der Waals surface area contributed by atoms with E-state index in [0.717, 1.165) is 16.5 Å². The van der Waals surface area contributed by atoms with Gasteiger partial charge < -0.3 is 9.22 Å². The normalized spacial score (nSPS) is 12.0. The Morgan fingerprint density at radius 3 is 2.03 bits per heavy atom. The van der Waals surface area contributed by atoms with E-state index in [1.807, 2.05) is 16.8 Å². The molecular formula is C23H17BCl2F2N2O. The van der Waals surface area contributed by atoms with Crippen molar-refractivity contribution in [2.45, 2.75) is 12.6 Å². The van der Waals surface area contributed by atoms with E-state index in [2.05, 4.69) is 4.98 Å². The zero-order chi connectivity index (χ0) is 21.8. The molecule has 0 amide bonds. The highest BCUT2D eigenvalue weighted by Gasteiger charge is 2.28. The standard InChI is InChI=1S/C23H17BCl2F2N2O/c25-18-5-10-21(22(26)13-18)23(14-30-12-11-29-15-30)31-24(16-1-6-19(27)7-2-16)17-3-8-20(28)9-4-17/h1-13,15,23H,14H2. The van der Waals surface area contributed by atoms with Crippen LogP contribution in [0.1, 0.15) is 11.7 Å². The fourth-order valence-corrected chi connectivity index (χ4v) is 3.88. The Morgan fingerprint density at radius 2 is 1.52 bits per heavy atom. The number of rotatable bonds is 7. The number of hydrogen-bond acceptors (Lipinski definition) is 2. The average molecular weight is 457 g/mol. The minimum atomic E-state index is -0.582. The van der Waals surface area contributed by atoms with Gasteiger partial charge in [0.25, 0.3) is 0 Å². The Labute approximate surface area is 189 Å². The topological polar surface area (TPSA) is 27.1 Å². The first kappa shape index (κ1) is 21.6. The molecule has 156 valence electrons. The Balaban J connectivity index is 1.75. The molecule has 0 aliphatic carbocycles. The van der Waals surface area contributed by atoms with Crippen LogP contribution in [0.3, 0.4) is 0 Å². The molecule has 0 fully saturated rings. The third-order valence-electron chi connectivity index (χ3n) is 4.89. The summed E-state index contributed by atoms with van der Waals surface area (Å²) in [7, 11) is 0. The predicted molar refractivity (Wildman–Crippen MR) is 120 cm³/mol. The molecule has 4 rings (SSSR count). The Hall–Kier alpha value is -2.67. The van der Waals surface area contributed by atoms with Gasteiger partial charge in [-0.25, -0.2) is 13.8 Å². The molecular weight excluding hydrogens is 440 g/mol. The van der Waals surface area contributed by atoms with Gasteiger partial charge in [-0.3, -0.25) is 0 Å². The summed E-state index contributed by atoms with van der Waals surface area (Å²) in [4.78, 5) is 4.09. The Bertz CT molecular complexity index is 1090. The third-order valence-corrected chi connectivity index (χ3v) is 5.45. The number of hydrogen-bond donors (Lipinski definition) is 0. The molecule has 0 N–H and O–H groups in total. The van der Waals surface area contributed by atoms with Gasteiger partial charge in [-0.15, -0.1) is 0 Å². The smallest absolute Gasteiger partial charge is 0.362 e. The summed E-state index contributed by atoms with van der Waals surface area (Å²) in [5.74, 6) is -0.699. The van der Waals surface area contributed by atoms with E-state index in [1.54, 1.807) is 48.9 Å². The van der Waals surface area contributed by atoms with Gasteiger partial charge in [0.1, 0.15) is 11.6 Å². The maximum absolute atomic E-state index is 13.5. The van der Waals surface area contributed by atoms with Gasteiger partial charge in [0.2, 0.25) is 0 Å². The first-order valence-electron chi connectivity index (χ1n) is 9.56. The lowest BCUT2D eigenvalue weighted by molar-refractivity contribution is 0.190. The molecule has 8 heteroatoms. The average Bonchev–Trinajstić information content (AvgIpc) is 3.26. The maximum atomic E-state index is 13.5. The van der Waals surface area contributed by atoms with E-state index in [1.165, 1.54) is 24.3 Å². The first-order valence-corrected chi connectivity index (χ1v) is 10.3. The maximum Gasteiger partial charge on any atom is 0.362 e. The van der Waals surface area contributed by atoms with E-state index < -0.39 is 13.0 Å². The van der Waals surface area contributed by atoms with Crippen LogP contribution >= 0.6 is 23.2 Å². The lowest BCUT2D eigenvalue weighted by atomic mass is 9.55. The van der Waals surface area contributed by atoms with Gasteiger partial charge in [-0.2, -0.15) is 0 Å². The number of halogens is 4. The number of nitrogens with zero attached hydrogens (tertiary/aromatic N) is 2. The summed E-state index contributed by atoms with van der Waals surface area (Å²) in [6, 6.07) is 17.3. The van der Waals surface area contributed by atoms with Crippen molar-refractivity contribution >= 4 is 41.0 Å². The third kappa shape index (κ3) is 5.34. The van der Waals surface area contributed by atoms with Gasteiger partial charge >= 0.3 is 6.92 Å². The van der Waals surface area contributed by atoms with Crippen molar-refractivity contribution in [2.24, 2.45) is 0 Å². The second kappa shape index (κ2) is 9.64. The summed E-state index contributed by atoms with van der Waals surface area (Å²) < 4.78 is 35.5. The summed E-state index contributed by atoms with van der Waals surface area (Å²) in [5.41, 5.74) is 2.21. The molecule has 1 atom stereocenters. The molecule has 0 saturated carbocycles. The molecule has 3 aromatic carbocycles. The van der Waals surface area contributed by atoms with Gasteiger partial charge in [-0.05, 0) is 52.9 Å². The van der Waals surface area contributed by atoms with Crippen LogP contribution < -0.4 is 10.9 Å². The zero-order valence-electron chi connectivity index (χ0n) is 16.3. The van der Waals surface area contributed by atoms with Gasteiger partial charge in [0, 0.05) is 22.4 Å². The Kier molecular flexibility index (Phi) is 6.71. The van der Waals surface area contributed by atoms with Crippen LogP contribution in [0.25, 0.3) is 0 Å². The van der Waals surface area contributed by atoms with Crippen molar-refractivity contribution < 1.29 is 13.4 Å². The summed E-state index contributed by atoms with van der Waals surface area (Å²) in [5, 5.41) is 0.985. The van der Waals surface area contributed by atoms with Crippen LogP contribution in [0.5, 0.6) is 0 Å². The fourth-order valence-electron chi connectivity index (χ4n) is 3.35. The van der Waals surface area contributed by atoms with Crippen LogP contribution in [0.4, 0.5) is 8.78 Å². The molecule has 1 unspecified atom stereocenters. The molecule has 0 saturated heterocycles. The molecule has 0 spiro atoms. The SMILES string of the molecule is Fc1ccc(B(OC(Cn2ccnc2)c2ccc(Cl)cc2Cl)c2ccc(F)cc2)cc1. The van der Waals surface area contributed by atoms with Gasteiger partial charge in [-0.1, -0.05) is 53.5 Å². The zero-order valence-corrected chi connectivity index (χ0v) is 17.8. The molecule has 1 heterocycles. The van der Waals surface area contributed by atoms with Crippen LogP contribution in [0, 0.1) is 11.6 Å². The van der Waals surface area contributed by atoms with E-state index in [0.29, 0.717) is 16.6 Å². The van der Waals surface area contributed by atoms with Crippen LogP contribution in [-0.4, -0.2) is 16.5 Å². The minimum absolute atomic E-state index is 0.350. The summed E-state index contributed by atoms with van der Waals surface area (Å²) in [6.45, 7) is -0.151. The minimum Gasteiger partial charge on any atom is -0.418 e. The molecule has 0 aliphatic rings. The van der Waals surface area contributed by atoms with Crippen molar-refractivity contribution in [3.63, 3.8) is 0 Å². The van der Waals surface area contributed by atoms with Crippen molar-refractivity contribution in [3.05, 3.63) is 113 Å². The van der Waals surface area contributed by atoms with Crippen molar-refractivity contribution in [3.8, 4) is 0 Å². The second-order valence-electron chi connectivity index (χ2n) is 7.03. The largest absolute Gasteiger partial charge is 0.418 e. The van der Waals surface area contributed by atoms with E-state index in [9.17, 15) is 8.78 Å². The monoisotopic (exact) mass is 456 g/mol. The fraction of sp³-hybridized carbons (Fsp3) is 0.0870. The van der Waals surface area contributed by atoms with Crippen LogP contribution in [-0.2, 0) is 11.2 Å². The Morgan fingerprint density at radius 1 is 0.903 bits per heavy atom. The quantitative estimate of drug-likeness (QED) is 0.364. The highest BCUT2D eigenvalue weighted by molar-refractivity contribution is 6.80. The lowest BCUT2D eigenvalue weighted by Gasteiger charge is -2.25. The molecule has 0 bridgehead atoms. The second-order valence-corrected chi connectivity index (χ2v) is 7.88. The first-order chi connectivity index (χ1) is 15.0. The summed E-state index contributed by atoms with van der Waals surface area (Å²) >= 11 is 12.6. The lowest BCUT2D eigenvalue weighted by Crippen LogP contribution is -2.46. The number of aromatic nitrogens is 2.